The Labute approximate surface area is 164 Å². The first-order valence-electron chi connectivity index (χ1n) is 9.70. The zero-order chi connectivity index (χ0) is 18.8. The third-order valence-corrected chi connectivity index (χ3v) is 6.55. The number of aryl methyl sites for hydroxylation is 2. The Morgan fingerprint density at radius 2 is 2.04 bits per heavy atom. The molecule has 0 atom stereocenters. The summed E-state index contributed by atoms with van der Waals surface area (Å²) in [5, 5.41) is 0.804. The van der Waals surface area contributed by atoms with Crippen LogP contribution in [-0.2, 0) is 11.3 Å². The molecule has 4 rings (SSSR count). The fourth-order valence-corrected chi connectivity index (χ4v) is 4.98. The van der Waals surface area contributed by atoms with Gasteiger partial charge in [0.2, 0.25) is 5.91 Å². The standard InChI is InChI=1S/C22H25N3OS/c1-15-11-16(2)20-19(12-15)24-22(27-20)25(14-17-7-6-10-23-13-17)21(26)18-8-4-3-5-9-18/h6-7,10-13,18H,3-5,8-9,14H2,1-2H3. The lowest BCUT2D eigenvalue weighted by Crippen LogP contribution is -2.36. The van der Waals surface area contributed by atoms with E-state index < -0.39 is 0 Å². The molecule has 2 aromatic heterocycles. The number of nitrogens with zero attached hydrogens (tertiary/aromatic N) is 3. The molecule has 4 nitrogen and oxygen atoms in total. The van der Waals surface area contributed by atoms with Crippen molar-refractivity contribution < 1.29 is 4.79 Å². The smallest absolute Gasteiger partial charge is 0.232 e. The lowest BCUT2D eigenvalue weighted by molar-refractivity contribution is -0.123. The van der Waals surface area contributed by atoms with Gasteiger partial charge in [0, 0.05) is 18.3 Å². The van der Waals surface area contributed by atoms with E-state index in [9.17, 15) is 4.79 Å². The summed E-state index contributed by atoms with van der Waals surface area (Å²) in [5.41, 5.74) is 4.45. The third kappa shape index (κ3) is 3.88. The first-order chi connectivity index (χ1) is 13.1. The van der Waals surface area contributed by atoms with E-state index in [2.05, 4.69) is 31.0 Å². The second-order valence-electron chi connectivity index (χ2n) is 7.55. The van der Waals surface area contributed by atoms with Crippen LogP contribution in [0.5, 0.6) is 0 Å². The van der Waals surface area contributed by atoms with E-state index in [1.807, 2.05) is 23.2 Å². The fourth-order valence-electron chi connectivity index (χ4n) is 3.96. The Morgan fingerprint density at radius 1 is 1.22 bits per heavy atom. The van der Waals surface area contributed by atoms with Crippen molar-refractivity contribution in [2.75, 3.05) is 4.90 Å². The average Bonchev–Trinajstić information content (AvgIpc) is 3.11. The van der Waals surface area contributed by atoms with E-state index >= 15 is 0 Å². The van der Waals surface area contributed by atoms with Gasteiger partial charge in [-0.15, -0.1) is 0 Å². The highest BCUT2D eigenvalue weighted by atomic mass is 32.1. The molecule has 0 radical (unpaired) electrons. The third-order valence-electron chi connectivity index (χ3n) is 5.32. The molecule has 1 aliphatic rings. The highest BCUT2D eigenvalue weighted by molar-refractivity contribution is 7.22. The second-order valence-corrected chi connectivity index (χ2v) is 8.52. The summed E-state index contributed by atoms with van der Waals surface area (Å²) in [7, 11) is 0. The number of hydrogen-bond donors (Lipinski definition) is 0. The van der Waals surface area contributed by atoms with E-state index in [0.29, 0.717) is 6.54 Å². The summed E-state index contributed by atoms with van der Waals surface area (Å²) in [5.74, 6) is 0.331. The summed E-state index contributed by atoms with van der Waals surface area (Å²) in [6.45, 7) is 4.73. The van der Waals surface area contributed by atoms with Crippen LogP contribution in [0.4, 0.5) is 5.13 Å². The second kappa shape index (κ2) is 7.77. The van der Waals surface area contributed by atoms with Gasteiger partial charge in [-0.3, -0.25) is 14.7 Å². The molecule has 2 heterocycles. The van der Waals surface area contributed by atoms with Crippen molar-refractivity contribution >= 4 is 32.6 Å². The van der Waals surface area contributed by atoms with Crippen molar-refractivity contribution in [2.45, 2.75) is 52.5 Å². The maximum absolute atomic E-state index is 13.4. The van der Waals surface area contributed by atoms with E-state index in [1.54, 1.807) is 17.5 Å². The highest BCUT2D eigenvalue weighted by Crippen LogP contribution is 2.35. The molecule has 27 heavy (non-hydrogen) atoms. The van der Waals surface area contributed by atoms with Crippen LogP contribution in [0, 0.1) is 19.8 Å². The highest BCUT2D eigenvalue weighted by Gasteiger charge is 2.29. The number of amides is 1. The molecular formula is C22H25N3OS. The van der Waals surface area contributed by atoms with Gasteiger partial charge in [-0.1, -0.05) is 42.7 Å². The van der Waals surface area contributed by atoms with Crippen molar-refractivity contribution in [1.82, 2.24) is 9.97 Å². The van der Waals surface area contributed by atoms with Crippen LogP contribution in [0.15, 0.2) is 36.7 Å². The van der Waals surface area contributed by atoms with Gasteiger partial charge < -0.3 is 0 Å². The number of fused-ring (bicyclic) bond motifs is 1. The predicted octanol–water partition coefficient (Wildman–Crippen LogP) is 5.42. The summed E-state index contributed by atoms with van der Waals surface area (Å²) in [4.78, 5) is 24.4. The molecule has 3 aromatic rings. The Balaban J connectivity index is 1.72. The number of carbonyl (C=O) groups is 1. The molecule has 0 unspecified atom stereocenters. The van der Waals surface area contributed by atoms with Crippen LogP contribution in [0.3, 0.4) is 0 Å². The quantitative estimate of drug-likeness (QED) is 0.608. The molecule has 140 valence electrons. The number of rotatable bonds is 4. The SMILES string of the molecule is Cc1cc(C)c2sc(N(Cc3cccnc3)C(=O)C3CCCCC3)nc2c1. The topological polar surface area (TPSA) is 46.1 Å². The number of thiazole rings is 1. The van der Waals surface area contributed by atoms with Gasteiger partial charge in [0.05, 0.1) is 16.8 Å². The van der Waals surface area contributed by atoms with Crippen molar-refractivity contribution in [3.8, 4) is 0 Å². The van der Waals surface area contributed by atoms with Gasteiger partial charge >= 0.3 is 0 Å². The summed E-state index contributed by atoms with van der Waals surface area (Å²) in [6.07, 6.45) is 9.12. The van der Waals surface area contributed by atoms with Crippen LogP contribution >= 0.6 is 11.3 Å². The number of pyridine rings is 1. The molecule has 1 fully saturated rings. The lowest BCUT2D eigenvalue weighted by Gasteiger charge is -2.27. The van der Waals surface area contributed by atoms with Crippen LogP contribution in [-0.4, -0.2) is 15.9 Å². The fraction of sp³-hybridized carbons (Fsp3) is 0.409. The van der Waals surface area contributed by atoms with Gasteiger partial charge in [0.25, 0.3) is 0 Å². The molecular weight excluding hydrogens is 354 g/mol. The minimum atomic E-state index is 0.116. The first-order valence-corrected chi connectivity index (χ1v) is 10.5. The lowest BCUT2D eigenvalue weighted by atomic mass is 9.88. The summed E-state index contributed by atoms with van der Waals surface area (Å²) in [6, 6.07) is 8.23. The monoisotopic (exact) mass is 379 g/mol. The molecule has 0 aliphatic heterocycles. The largest absolute Gasteiger partial charge is 0.283 e. The Hall–Kier alpha value is -2.27. The van der Waals surface area contributed by atoms with E-state index in [-0.39, 0.29) is 11.8 Å². The molecule has 1 aromatic carbocycles. The van der Waals surface area contributed by atoms with E-state index in [4.69, 9.17) is 4.98 Å². The number of carbonyl (C=O) groups excluding carboxylic acids is 1. The van der Waals surface area contributed by atoms with Gasteiger partial charge in [0.15, 0.2) is 5.13 Å². The predicted molar refractivity (Wildman–Crippen MR) is 111 cm³/mol. The van der Waals surface area contributed by atoms with Crippen LogP contribution in [0.1, 0.15) is 48.8 Å². The van der Waals surface area contributed by atoms with Crippen molar-refractivity contribution in [3.63, 3.8) is 0 Å². The molecule has 1 saturated carbocycles. The Kier molecular flexibility index (Phi) is 5.21. The average molecular weight is 380 g/mol. The molecule has 0 bridgehead atoms. The van der Waals surface area contributed by atoms with Crippen LogP contribution < -0.4 is 4.90 Å². The van der Waals surface area contributed by atoms with Crippen molar-refractivity contribution in [1.29, 1.82) is 0 Å². The number of anilines is 1. The zero-order valence-electron chi connectivity index (χ0n) is 15.9. The van der Waals surface area contributed by atoms with Gasteiger partial charge in [-0.25, -0.2) is 4.98 Å². The van der Waals surface area contributed by atoms with Gasteiger partial charge in [-0.05, 0) is 55.5 Å². The summed E-state index contributed by atoms with van der Waals surface area (Å²) < 4.78 is 1.17. The molecule has 5 heteroatoms. The molecule has 1 amide bonds. The van der Waals surface area contributed by atoms with Crippen LogP contribution in [0.2, 0.25) is 0 Å². The summed E-state index contributed by atoms with van der Waals surface area (Å²) >= 11 is 1.63. The molecule has 0 saturated heterocycles. The maximum atomic E-state index is 13.4. The molecule has 0 N–H and O–H groups in total. The van der Waals surface area contributed by atoms with Crippen molar-refractivity contribution in [2.24, 2.45) is 5.92 Å². The van der Waals surface area contributed by atoms with E-state index in [0.717, 1.165) is 41.9 Å². The van der Waals surface area contributed by atoms with Gasteiger partial charge in [0.1, 0.15) is 0 Å². The minimum Gasteiger partial charge on any atom is -0.283 e. The Morgan fingerprint density at radius 3 is 2.78 bits per heavy atom. The molecule has 0 spiro atoms. The number of aromatic nitrogens is 2. The minimum absolute atomic E-state index is 0.116. The van der Waals surface area contributed by atoms with E-state index in [1.165, 1.54) is 22.2 Å². The zero-order valence-corrected chi connectivity index (χ0v) is 16.8. The first kappa shape index (κ1) is 18.1. The number of benzene rings is 1. The number of hydrogen-bond acceptors (Lipinski definition) is 4. The maximum Gasteiger partial charge on any atom is 0.232 e. The molecule has 1 aliphatic carbocycles. The van der Waals surface area contributed by atoms with Gasteiger partial charge in [-0.2, -0.15) is 0 Å². The van der Waals surface area contributed by atoms with Crippen LogP contribution in [0.25, 0.3) is 10.2 Å². The Bertz CT molecular complexity index is 945. The normalized spacial score (nSPS) is 15.2. The van der Waals surface area contributed by atoms with Crippen molar-refractivity contribution in [3.05, 3.63) is 53.3 Å².